The van der Waals surface area contributed by atoms with Crippen LogP contribution in [0, 0.1) is 0 Å². The molecule has 0 aromatic carbocycles. The van der Waals surface area contributed by atoms with Gasteiger partial charge in [0.15, 0.2) is 0 Å². The largest absolute Gasteiger partial charge is 0.382 e. The van der Waals surface area contributed by atoms with E-state index in [0.717, 1.165) is 6.42 Å². The van der Waals surface area contributed by atoms with Crippen molar-refractivity contribution in [1.29, 1.82) is 0 Å². The number of ether oxygens (including phenoxy) is 2. The molecule has 1 atom stereocenters. The molecule has 0 bridgehead atoms. The minimum Gasteiger partial charge on any atom is -0.382 e. The number of hydrogen-bond donors (Lipinski definition) is 1. The van der Waals surface area contributed by atoms with Crippen molar-refractivity contribution in [3.63, 3.8) is 0 Å². The average molecular weight is 133 g/mol. The van der Waals surface area contributed by atoms with E-state index in [2.05, 4.69) is 0 Å². The summed E-state index contributed by atoms with van der Waals surface area (Å²) in [5, 5.41) is 0. The molecular formula is C6H15NO2. The molecule has 0 rings (SSSR count). The van der Waals surface area contributed by atoms with Gasteiger partial charge in [-0.05, 0) is 13.0 Å². The Labute approximate surface area is 56.1 Å². The van der Waals surface area contributed by atoms with Crippen LogP contribution in [-0.2, 0) is 9.47 Å². The van der Waals surface area contributed by atoms with Crippen molar-refractivity contribution in [3.05, 3.63) is 0 Å². The lowest BCUT2D eigenvalue weighted by Gasteiger charge is -2.11. The summed E-state index contributed by atoms with van der Waals surface area (Å²) in [4.78, 5) is 0. The fourth-order valence-electron chi connectivity index (χ4n) is 0.641. The van der Waals surface area contributed by atoms with E-state index in [0.29, 0.717) is 13.2 Å². The van der Waals surface area contributed by atoms with Gasteiger partial charge in [0.2, 0.25) is 0 Å². The van der Waals surface area contributed by atoms with Crippen molar-refractivity contribution in [1.82, 2.24) is 0 Å². The third kappa shape index (κ3) is 4.39. The smallest absolute Gasteiger partial charge is 0.0816 e. The van der Waals surface area contributed by atoms with Crippen molar-refractivity contribution in [2.24, 2.45) is 5.73 Å². The number of nitrogens with two attached hydrogens (primary N) is 1. The predicted octanol–water partition coefficient (Wildman–Crippen LogP) is -0.00340. The van der Waals surface area contributed by atoms with Crippen LogP contribution in [0.5, 0.6) is 0 Å². The van der Waals surface area contributed by atoms with Gasteiger partial charge in [-0.3, -0.25) is 0 Å². The van der Waals surface area contributed by atoms with Crippen LogP contribution in [0.1, 0.15) is 6.42 Å². The van der Waals surface area contributed by atoms with Gasteiger partial charge in [-0.25, -0.2) is 0 Å². The Balaban J connectivity index is 3.18. The zero-order valence-corrected chi connectivity index (χ0v) is 6.09. The maximum absolute atomic E-state index is 5.30. The second-order valence-electron chi connectivity index (χ2n) is 1.89. The Hall–Kier alpha value is -0.120. The van der Waals surface area contributed by atoms with Crippen molar-refractivity contribution in [2.75, 3.05) is 27.4 Å². The topological polar surface area (TPSA) is 44.5 Å². The molecule has 0 amide bonds. The van der Waals surface area contributed by atoms with Gasteiger partial charge in [-0.15, -0.1) is 0 Å². The molecule has 0 saturated carbocycles. The maximum Gasteiger partial charge on any atom is 0.0816 e. The summed E-state index contributed by atoms with van der Waals surface area (Å²) < 4.78 is 9.89. The van der Waals surface area contributed by atoms with Gasteiger partial charge < -0.3 is 15.2 Å². The summed E-state index contributed by atoms with van der Waals surface area (Å²) in [5.41, 5.74) is 5.30. The Bertz CT molecular complexity index is 53.0. The minimum atomic E-state index is 0.167. The molecule has 0 saturated heterocycles. The second kappa shape index (κ2) is 6.01. The van der Waals surface area contributed by atoms with E-state index >= 15 is 0 Å². The lowest BCUT2D eigenvalue weighted by molar-refractivity contribution is 0.0250. The highest BCUT2D eigenvalue weighted by Crippen LogP contribution is 1.94. The molecule has 2 N–H and O–H groups in total. The summed E-state index contributed by atoms with van der Waals surface area (Å²) in [5.74, 6) is 0. The van der Waals surface area contributed by atoms with Crippen LogP contribution >= 0.6 is 0 Å². The van der Waals surface area contributed by atoms with E-state index in [-0.39, 0.29) is 6.10 Å². The molecule has 0 spiro atoms. The first-order valence-corrected chi connectivity index (χ1v) is 3.07. The first-order valence-electron chi connectivity index (χ1n) is 3.07. The maximum atomic E-state index is 5.30. The van der Waals surface area contributed by atoms with E-state index in [1.807, 2.05) is 0 Å². The van der Waals surface area contributed by atoms with Gasteiger partial charge in [0, 0.05) is 14.2 Å². The summed E-state index contributed by atoms with van der Waals surface area (Å²) in [7, 11) is 3.32. The lowest BCUT2D eigenvalue weighted by Crippen LogP contribution is -2.20. The number of hydrogen-bond acceptors (Lipinski definition) is 3. The van der Waals surface area contributed by atoms with Crippen molar-refractivity contribution in [3.8, 4) is 0 Å². The van der Waals surface area contributed by atoms with Crippen molar-refractivity contribution >= 4 is 0 Å². The molecule has 3 nitrogen and oxygen atoms in total. The highest BCUT2D eigenvalue weighted by atomic mass is 16.5. The molecule has 56 valence electrons. The summed E-state index contributed by atoms with van der Waals surface area (Å²) in [6.45, 7) is 1.29. The van der Waals surface area contributed by atoms with Gasteiger partial charge in [0.1, 0.15) is 0 Å². The summed E-state index contributed by atoms with van der Waals surface area (Å²) in [6, 6.07) is 0. The highest BCUT2D eigenvalue weighted by molar-refractivity contribution is 4.54. The fourth-order valence-corrected chi connectivity index (χ4v) is 0.641. The molecular weight excluding hydrogens is 118 g/mol. The fraction of sp³-hybridized carbons (Fsp3) is 1.00. The van der Waals surface area contributed by atoms with Gasteiger partial charge in [0.25, 0.3) is 0 Å². The molecule has 0 radical (unpaired) electrons. The molecule has 0 heterocycles. The molecule has 0 aromatic rings. The molecule has 0 fully saturated rings. The van der Waals surface area contributed by atoms with Gasteiger partial charge in [-0.2, -0.15) is 0 Å². The Morgan fingerprint density at radius 2 is 2.11 bits per heavy atom. The third-order valence-electron chi connectivity index (χ3n) is 1.17. The monoisotopic (exact) mass is 133 g/mol. The minimum absolute atomic E-state index is 0.167. The Kier molecular flexibility index (Phi) is 5.93. The van der Waals surface area contributed by atoms with Crippen LogP contribution in [0.3, 0.4) is 0 Å². The first-order chi connectivity index (χ1) is 4.35. The van der Waals surface area contributed by atoms with Crippen LogP contribution in [0.2, 0.25) is 0 Å². The SMILES string of the molecule is COC[C@@H](CCN)OC. The normalized spacial score (nSPS) is 13.7. The van der Waals surface area contributed by atoms with E-state index in [4.69, 9.17) is 15.2 Å². The molecule has 0 unspecified atom stereocenters. The van der Waals surface area contributed by atoms with E-state index in [1.165, 1.54) is 0 Å². The number of rotatable bonds is 5. The van der Waals surface area contributed by atoms with Crippen LogP contribution in [0.15, 0.2) is 0 Å². The van der Waals surface area contributed by atoms with Crippen LogP contribution in [-0.4, -0.2) is 33.5 Å². The quantitative estimate of drug-likeness (QED) is 0.574. The first kappa shape index (κ1) is 8.88. The zero-order valence-electron chi connectivity index (χ0n) is 6.09. The van der Waals surface area contributed by atoms with Crippen molar-refractivity contribution in [2.45, 2.75) is 12.5 Å². The van der Waals surface area contributed by atoms with Crippen LogP contribution in [0.4, 0.5) is 0 Å². The summed E-state index contributed by atoms with van der Waals surface area (Å²) >= 11 is 0. The Morgan fingerprint density at radius 1 is 1.44 bits per heavy atom. The standard InChI is InChI=1S/C6H15NO2/c1-8-5-6(9-2)3-4-7/h6H,3-5,7H2,1-2H3/t6-/m1/s1. The molecule has 3 heteroatoms. The molecule has 0 aromatic heterocycles. The lowest BCUT2D eigenvalue weighted by atomic mass is 10.3. The molecule has 0 aliphatic rings. The average Bonchev–Trinajstić information content (AvgIpc) is 1.88. The molecule has 0 aliphatic carbocycles. The zero-order chi connectivity index (χ0) is 7.11. The summed E-state index contributed by atoms with van der Waals surface area (Å²) in [6.07, 6.45) is 1.03. The van der Waals surface area contributed by atoms with E-state index in [9.17, 15) is 0 Å². The van der Waals surface area contributed by atoms with Crippen molar-refractivity contribution < 1.29 is 9.47 Å². The third-order valence-corrected chi connectivity index (χ3v) is 1.17. The molecule has 0 aliphatic heterocycles. The van der Waals surface area contributed by atoms with Gasteiger partial charge >= 0.3 is 0 Å². The van der Waals surface area contributed by atoms with Crippen LogP contribution in [0.25, 0.3) is 0 Å². The predicted molar refractivity (Wildman–Crippen MR) is 36.3 cm³/mol. The number of methoxy groups -OCH3 is 2. The second-order valence-corrected chi connectivity index (χ2v) is 1.89. The van der Waals surface area contributed by atoms with Gasteiger partial charge in [-0.1, -0.05) is 0 Å². The van der Waals surface area contributed by atoms with E-state index in [1.54, 1.807) is 14.2 Å². The van der Waals surface area contributed by atoms with E-state index < -0.39 is 0 Å². The molecule has 9 heavy (non-hydrogen) atoms. The highest BCUT2D eigenvalue weighted by Gasteiger charge is 2.03. The van der Waals surface area contributed by atoms with Crippen LogP contribution < -0.4 is 5.73 Å². The Morgan fingerprint density at radius 3 is 2.44 bits per heavy atom. The van der Waals surface area contributed by atoms with Gasteiger partial charge in [0.05, 0.1) is 12.7 Å².